The number of amides is 3. The maximum atomic E-state index is 12.1. The lowest BCUT2D eigenvalue weighted by atomic mass is 10.1. The van der Waals surface area contributed by atoms with E-state index in [0.29, 0.717) is 31.2 Å². The first-order valence-corrected chi connectivity index (χ1v) is 6.86. The van der Waals surface area contributed by atoms with E-state index in [1.165, 1.54) is 17.0 Å². The standard InChI is InChI=1S/C13H13N3O4S/c17-11-9-3-1-2-4-10(9)12(18)16(11)20-13(19)14-5-7-15(21)8-6-14/h1-4,21H,5-8H2. The molecular formula is C13H13N3O4S. The highest BCUT2D eigenvalue weighted by Crippen LogP contribution is 2.23. The van der Waals surface area contributed by atoms with Gasteiger partial charge in [-0.25, -0.2) is 9.10 Å². The van der Waals surface area contributed by atoms with Gasteiger partial charge in [0.15, 0.2) is 0 Å². The van der Waals surface area contributed by atoms with Crippen LogP contribution in [-0.2, 0) is 4.84 Å². The van der Waals surface area contributed by atoms with Gasteiger partial charge in [-0.3, -0.25) is 9.59 Å². The number of hydrogen-bond acceptors (Lipinski definition) is 6. The van der Waals surface area contributed by atoms with E-state index in [0.717, 1.165) is 0 Å². The number of fused-ring (bicyclic) bond motifs is 1. The molecule has 1 aromatic rings. The minimum absolute atomic E-state index is 0.246. The van der Waals surface area contributed by atoms with Crippen LogP contribution in [-0.4, -0.2) is 58.4 Å². The molecule has 7 nitrogen and oxygen atoms in total. The number of imide groups is 1. The van der Waals surface area contributed by atoms with E-state index in [9.17, 15) is 14.4 Å². The van der Waals surface area contributed by atoms with Crippen LogP contribution in [0.2, 0.25) is 0 Å². The second kappa shape index (κ2) is 5.38. The fraction of sp³-hybridized carbons (Fsp3) is 0.308. The summed E-state index contributed by atoms with van der Waals surface area (Å²) in [7, 11) is 0. The van der Waals surface area contributed by atoms with Gasteiger partial charge in [0.1, 0.15) is 0 Å². The summed E-state index contributed by atoms with van der Waals surface area (Å²) in [6.07, 6.45) is -0.703. The van der Waals surface area contributed by atoms with E-state index < -0.39 is 17.9 Å². The van der Waals surface area contributed by atoms with Gasteiger partial charge in [-0.2, -0.15) is 0 Å². The molecular weight excluding hydrogens is 294 g/mol. The number of carbonyl (C=O) groups excluding carboxylic acids is 3. The van der Waals surface area contributed by atoms with E-state index in [2.05, 4.69) is 12.8 Å². The second-order valence-corrected chi connectivity index (χ2v) is 5.31. The Labute approximate surface area is 126 Å². The monoisotopic (exact) mass is 307 g/mol. The van der Waals surface area contributed by atoms with Crippen LogP contribution in [0, 0.1) is 0 Å². The molecule has 0 atom stereocenters. The molecule has 2 heterocycles. The summed E-state index contributed by atoms with van der Waals surface area (Å²) in [4.78, 5) is 42.6. The summed E-state index contributed by atoms with van der Waals surface area (Å²) in [6.45, 7) is 2.07. The first kappa shape index (κ1) is 13.9. The number of piperazine rings is 1. The second-order valence-electron chi connectivity index (χ2n) is 4.75. The SMILES string of the molecule is O=C(ON1C(=O)c2ccccc2C1=O)N1CCN(S)CC1. The summed E-state index contributed by atoms with van der Waals surface area (Å²) >= 11 is 4.19. The third-order valence-corrected chi connectivity index (χ3v) is 3.84. The molecule has 0 saturated carbocycles. The molecule has 2 aliphatic heterocycles. The van der Waals surface area contributed by atoms with Crippen molar-refractivity contribution in [2.75, 3.05) is 26.2 Å². The lowest BCUT2D eigenvalue weighted by Gasteiger charge is -2.31. The molecule has 3 amide bonds. The molecule has 0 spiro atoms. The molecule has 3 rings (SSSR count). The average molecular weight is 307 g/mol. The number of benzene rings is 1. The Hall–Kier alpha value is -2.06. The number of nitrogens with zero attached hydrogens (tertiary/aromatic N) is 3. The van der Waals surface area contributed by atoms with E-state index in [4.69, 9.17) is 4.84 Å². The number of hydroxylamine groups is 2. The van der Waals surface area contributed by atoms with Crippen LogP contribution >= 0.6 is 12.8 Å². The van der Waals surface area contributed by atoms with Crippen molar-refractivity contribution in [1.29, 1.82) is 0 Å². The molecule has 8 heteroatoms. The zero-order valence-electron chi connectivity index (χ0n) is 11.1. The van der Waals surface area contributed by atoms with Crippen molar-refractivity contribution in [3.05, 3.63) is 35.4 Å². The van der Waals surface area contributed by atoms with Gasteiger partial charge in [-0.1, -0.05) is 30.0 Å². The van der Waals surface area contributed by atoms with E-state index in [1.807, 2.05) is 0 Å². The molecule has 0 N–H and O–H groups in total. The zero-order valence-corrected chi connectivity index (χ0v) is 12.0. The van der Waals surface area contributed by atoms with Crippen LogP contribution in [0.3, 0.4) is 0 Å². The van der Waals surface area contributed by atoms with E-state index in [1.54, 1.807) is 16.4 Å². The quantitative estimate of drug-likeness (QED) is 0.614. The minimum Gasteiger partial charge on any atom is -0.310 e. The van der Waals surface area contributed by atoms with Crippen molar-refractivity contribution in [2.24, 2.45) is 0 Å². The Kier molecular flexibility index (Phi) is 3.56. The zero-order chi connectivity index (χ0) is 15.0. The molecule has 1 aromatic carbocycles. The molecule has 0 aliphatic carbocycles. The third kappa shape index (κ3) is 2.47. The number of rotatable bonds is 1. The molecule has 1 saturated heterocycles. The summed E-state index contributed by atoms with van der Waals surface area (Å²) in [5.74, 6) is -1.23. The first-order chi connectivity index (χ1) is 10.1. The Balaban J connectivity index is 1.70. The van der Waals surface area contributed by atoms with Crippen molar-refractivity contribution >= 4 is 30.7 Å². The predicted molar refractivity (Wildman–Crippen MR) is 75.6 cm³/mol. The number of thiol groups is 1. The summed E-state index contributed by atoms with van der Waals surface area (Å²) < 4.78 is 1.78. The molecule has 1 fully saturated rings. The molecule has 110 valence electrons. The summed E-state index contributed by atoms with van der Waals surface area (Å²) in [6, 6.07) is 6.37. The van der Waals surface area contributed by atoms with E-state index >= 15 is 0 Å². The van der Waals surface area contributed by atoms with Crippen LogP contribution in [0.25, 0.3) is 0 Å². The molecule has 0 radical (unpaired) electrons. The Morgan fingerprint density at radius 1 is 1.00 bits per heavy atom. The van der Waals surface area contributed by atoms with Gasteiger partial charge in [0, 0.05) is 26.2 Å². The van der Waals surface area contributed by atoms with Crippen LogP contribution < -0.4 is 0 Å². The maximum absolute atomic E-state index is 12.1. The van der Waals surface area contributed by atoms with Crippen molar-refractivity contribution < 1.29 is 19.2 Å². The van der Waals surface area contributed by atoms with Gasteiger partial charge in [0.25, 0.3) is 11.8 Å². The normalized spacial score (nSPS) is 18.9. The van der Waals surface area contributed by atoms with Crippen molar-refractivity contribution in [3.63, 3.8) is 0 Å². The lowest BCUT2D eigenvalue weighted by molar-refractivity contribution is -0.0589. The molecule has 0 bridgehead atoms. The van der Waals surface area contributed by atoms with Crippen LogP contribution in [0.15, 0.2) is 24.3 Å². The number of carbonyl (C=O) groups is 3. The largest absolute Gasteiger partial charge is 0.434 e. The summed E-state index contributed by atoms with van der Waals surface area (Å²) in [5.41, 5.74) is 0.492. The van der Waals surface area contributed by atoms with Gasteiger partial charge in [0.2, 0.25) is 0 Å². The lowest BCUT2D eigenvalue weighted by Crippen LogP contribution is -2.48. The third-order valence-electron chi connectivity index (χ3n) is 3.44. The smallest absolute Gasteiger partial charge is 0.310 e. The fourth-order valence-corrected chi connectivity index (χ4v) is 2.44. The van der Waals surface area contributed by atoms with Crippen LogP contribution in [0.5, 0.6) is 0 Å². The van der Waals surface area contributed by atoms with Crippen molar-refractivity contribution in [1.82, 2.24) is 14.3 Å². The summed E-state index contributed by atoms with van der Waals surface area (Å²) in [5, 5.41) is 0.528. The van der Waals surface area contributed by atoms with E-state index in [-0.39, 0.29) is 11.1 Å². The molecule has 0 unspecified atom stereocenters. The van der Waals surface area contributed by atoms with Crippen LogP contribution in [0.1, 0.15) is 20.7 Å². The van der Waals surface area contributed by atoms with Gasteiger partial charge in [-0.05, 0) is 12.1 Å². The minimum atomic E-state index is -0.703. The fourth-order valence-electron chi connectivity index (χ4n) is 2.26. The van der Waals surface area contributed by atoms with Gasteiger partial charge >= 0.3 is 6.09 Å². The highest BCUT2D eigenvalue weighted by Gasteiger charge is 2.39. The van der Waals surface area contributed by atoms with Crippen LogP contribution in [0.4, 0.5) is 4.79 Å². The Bertz CT molecular complexity index is 578. The van der Waals surface area contributed by atoms with Gasteiger partial charge < -0.3 is 9.74 Å². The average Bonchev–Trinajstić information content (AvgIpc) is 2.73. The molecule has 21 heavy (non-hydrogen) atoms. The molecule has 0 aromatic heterocycles. The highest BCUT2D eigenvalue weighted by atomic mass is 32.1. The highest BCUT2D eigenvalue weighted by molar-refractivity contribution is 7.77. The van der Waals surface area contributed by atoms with Gasteiger partial charge in [-0.15, -0.1) is 0 Å². The Morgan fingerprint density at radius 3 is 2.05 bits per heavy atom. The van der Waals surface area contributed by atoms with Crippen molar-refractivity contribution in [2.45, 2.75) is 0 Å². The molecule has 2 aliphatic rings. The topological polar surface area (TPSA) is 70.2 Å². The van der Waals surface area contributed by atoms with Gasteiger partial charge in [0.05, 0.1) is 11.1 Å². The van der Waals surface area contributed by atoms with Crippen molar-refractivity contribution in [3.8, 4) is 0 Å². The predicted octanol–water partition coefficient (Wildman–Crippen LogP) is 0.797. The Morgan fingerprint density at radius 2 is 1.52 bits per heavy atom. The maximum Gasteiger partial charge on any atom is 0.434 e. The number of hydrogen-bond donors (Lipinski definition) is 1. The first-order valence-electron chi connectivity index (χ1n) is 6.46.